The highest BCUT2D eigenvalue weighted by Crippen LogP contribution is 2.30. The van der Waals surface area contributed by atoms with E-state index in [1.807, 2.05) is 25.1 Å². The molecule has 1 aromatic carbocycles. The highest BCUT2D eigenvalue weighted by molar-refractivity contribution is 5.44. The van der Waals surface area contributed by atoms with Gasteiger partial charge in [0.1, 0.15) is 6.04 Å². The van der Waals surface area contributed by atoms with Gasteiger partial charge in [0.15, 0.2) is 11.5 Å². The van der Waals surface area contributed by atoms with Crippen molar-refractivity contribution >= 4 is 0 Å². The molecule has 0 radical (unpaired) electrons. The molecule has 21 heavy (non-hydrogen) atoms. The molecule has 0 amide bonds. The van der Waals surface area contributed by atoms with Gasteiger partial charge in [0.25, 0.3) is 0 Å². The molecule has 0 bridgehead atoms. The topological polar surface area (TPSA) is 63.5 Å². The molecular formula is C16H22N2O3. The molecule has 5 heteroatoms. The fourth-order valence-corrected chi connectivity index (χ4v) is 2.43. The van der Waals surface area contributed by atoms with Gasteiger partial charge in [-0.05, 0) is 37.5 Å². The number of rotatable bonds is 7. The lowest BCUT2D eigenvalue weighted by molar-refractivity contribution is 0.109. The lowest BCUT2D eigenvalue weighted by atomic mass is 10.1. The third-order valence-corrected chi connectivity index (χ3v) is 3.52. The van der Waals surface area contributed by atoms with Gasteiger partial charge in [-0.2, -0.15) is 5.26 Å². The van der Waals surface area contributed by atoms with Crippen LogP contribution in [0.25, 0.3) is 0 Å². The number of hydrogen-bond donors (Lipinski definition) is 1. The van der Waals surface area contributed by atoms with Crippen LogP contribution >= 0.6 is 0 Å². The Labute approximate surface area is 125 Å². The van der Waals surface area contributed by atoms with Gasteiger partial charge < -0.3 is 14.2 Å². The monoisotopic (exact) mass is 290 g/mol. The van der Waals surface area contributed by atoms with Crippen molar-refractivity contribution in [1.82, 2.24) is 5.32 Å². The average molecular weight is 290 g/mol. The molecule has 1 saturated heterocycles. The first-order valence-electron chi connectivity index (χ1n) is 7.33. The molecule has 114 valence electrons. The molecule has 2 rings (SSSR count). The Kier molecular flexibility index (Phi) is 5.85. The van der Waals surface area contributed by atoms with Crippen LogP contribution in [-0.4, -0.2) is 33.0 Å². The summed E-state index contributed by atoms with van der Waals surface area (Å²) in [7, 11) is 1.61. The molecule has 0 aromatic heterocycles. The Morgan fingerprint density at radius 2 is 2.33 bits per heavy atom. The van der Waals surface area contributed by atoms with Crippen LogP contribution in [0.2, 0.25) is 0 Å². The van der Waals surface area contributed by atoms with Gasteiger partial charge in [-0.25, -0.2) is 0 Å². The summed E-state index contributed by atoms with van der Waals surface area (Å²) in [6.45, 7) is 3.98. The summed E-state index contributed by atoms with van der Waals surface area (Å²) in [5.41, 5.74) is 0.875. The summed E-state index contributed by atoms with van der Waals surface area (Å²) in [5, 5.41) is 12.6. The van der Waals surface area contributed by atoms with E-state index in [0.717, 1.165) is 25.0 Å². The first kappa shape index (κ1) is 15.6. The Morgan fingerprint density at radius 3 is 2.95 bits per heavy atom. The number of ether oxygens (including phenoxy) is 3. The minimum Gasteiger partial charge on any atom is -0.493 e. The third-order valence-electron chi connectivity index (χ3n) is 3.52. The number of nitrogens with zero attached hydrogens (tertiary/aromatic N) is 1. The lowest BCUT2D eigenvalue weighted by Crippen LogP contribution is -2.29. The smallest absolute Gasteiger partial charge is 0.161 e. The van der Waals surface area contributed by atoms with Crippen molar-refractivity contribution in [2.75, 3.05) is 26.9 Å². The Balaban J connectivity index is 2.06. The zero-order chi connectivity index (χ0) is 15.1. The summed E-state index contributed by atoms with van der Waals surface area (Å²) in [5.74, 6) is 1.34. The molecule has 5 nitrogen and oxygen atoms in total. The fraction of sp³-hybridized carbons (Fsp3) is 0.562. The first-order valence-corrected chi connectivity index (χ1v) is 7.33. The van der Waals surface area contributed by atoms with Crippen molar-refractivity contribution in [1.29, 1.82) is 5.26 Å². The molecule has 1 aliphatic rings. The van der Waals surface area contributed by atoms with E-state index in [1.165, 1.54) is 0 Å². The molecule has 1 aliphatic heterocycles. The second kappa shape index (κ2) is 7.87. The van der Waals surface area contributed by atoms with Crippen LogP contribution in [-0.2, 0) is 4.74 Å². The van der Waals surface area contributed by atoms with E-state index in [9.17, 15) is 5.26 Å². The van der Waals surface area contributed by atoms with Crippen molar-refractivity contribution in [3.63, 3.8) is 0 Å². The van der Waals surface area contributed by atoms with Crippen molar-refractivity contribution in [3.8, 4) is 17.6 Å². The normalized spacial score (nSPS) is 19.0. The highest BCUT2D eigenvalue weighted by atomic mass is 16.5. The molecule has 1 N–H and O–H groups in total. The van der Waals surface area contributed by atoms with Gasteiger partial charge in [0.05, 0.1) is 25.9 Å². The van der Waals surface area contributed by atoms with E-state index in [1.54, 1.807) is 7.11 Å². The van der Waals surface area contributed by atoms with E-state index < -0.39 is 0 Å². The van der Waals surface area contributed by atoms with Crippen molar-refractivity contribution in [2.45, 2.75) is 31.9 Å². The van der Waals surface area contributed by atoms with Crippen LogP contribution in [0.4, 0.5) is 0 Å². The zero-order valence-electron chi connectivity index (χ0n) is 12.6. The minimum absolute atomic E-state index is 0.213. The van der Waals surface area contributed by atoms with E-state index in [4.69, 9.17) is 14.2 Å². The molecule has 2 unspecified atom stereocenters. The molecule has 1 fully saturated rings. The Morgan fingerprint density at radius 1 is 1.48 bits per heavy atom. The maximum Gasteiger partial charge on any atom is 0.161 e. The molecule has 0 saturated carbocycles. The highest BCUT2D eigenvalue weighted by Gasteiger charge is 2.19. The standard InChI is InChI=1S/C16H22N2O3/c1-3-20-16-9-12(6-7-15(16)19-2)14(10-17)18-11-13-5-4-8-21-13/h6-7,9,13-14,18H,3-5,8,11H2,1-2H3. The zero-order valence-corrected chi connectivity index (χ0v) is 12.6. The maximum absolute atomic E-state index is 9.38. The number of hydrogen-bond acceptors (Lipinski definition) is 5. The molecular weight excluding hydrogens is 268 g/mol. The van der Waals surface area contributed by atoms with Gasteiger partial charge in [0, 0.05) is 13.2 Å². The Hall–Kier alpha value is -1.77. The summed E-state index contributed by atoms with van der Waals surface area (Å²) >= 11 is 0. The predicted molar refractivity (Wildman–Crippen MR) is 79.5 cm³/mol. The number of benzene rings is 1. The van der Waals surface area contributed by atoms with Gasteiger partial charge in [0.2, 0.25) is 0 Å². The third kappa shape index (κ3) is 4.10. The van der Waals surface area contributed by atoms with E-state index in [0.29, 0.717) is 24.7 Å². The van der Waals surface area contributed by atoms with Gasteiger partial charge >= 0.3 is 0 Å². The SMILES string of the molecule is CCOc1cc(C(C#N)NCC2CCCO2)ccc1OC. The van der Waals surface area contributed by atoms with Gasteiger partial charge in [-0.15, -0.1) is 0 Å². The van der Waals surface area contributed by atoms with Crippen LogP contribution < -0.4 is 14.8 Å². The molecule has 2 atom stereocenters. The average Bonchev–Trinajstić information content (AvgIpc) is 3.02. The first-order chi connectivity index (χ1) is 10.3. The van der Waals surface area contributed by atoms with Crippen LogP contribution in [0.1, 0.15) is 31.4 Å². The summed E-state index contributed by atoms with van der Waals surface area (Å²) in [6.07, 6.45) is 2.36. The van der Waals surface area contributed by atoms with E-state index in [-0.39, 0.29) is 12.1 Å². The van der Waals surface area contributed by atoms with Crippen LogP contribution in [0.5, 0.6) is 11.5 Å². The number of nitrogens with one attached hydrogen (secondary N) is 1. The number of nitriles is 1. The second-order valence-electron chi connectivity index (χ2n) is 4.95. The van der Waals surface area contributed by atoms with Gasteiger partial charge in [-0.1, -0.05) is 6.07 Å². The molecule has 0 aliphatic carbocycles. The molecule has 1 heterocycles. The largest absolute Gasteiger partial charge is 0.493 e. The molecule has 1 aromatic rings. The molecule has 0 spiro atoms. The minimum atomic E-state index is -0.376. The second-order valence-corrected chi connectivity index (χ2v) is 4.95. The lowest BCUT2D eigenvalue weighted by Gasteiger charge is -2.17. The quantitative estimate of drug-likeness (QED) is 0.835. The number of methoxy groups -OCH3 is 1. The van der Waals surface area contributed by atoms with Crippen LogP contribution in [0.3, 0.4) is 0 Å². The van der Waals surface area contributed by atoms with Crippen molar-refractivity contribution < 1.29 is 14.2 Å². The van der Waals surface area contributed by atoms with E-state index >= 15 is 0 Å². The predicted octanol–water partition coefficient (Wildman–Crippen LogP) is 2.43. The fourth-order valence-electron chi connectivity index (χ4n) is 2.43. The van der Waals surface area contributed by atoms with Crippen LogP contribution in [0.15, 0.2) is 18.2 Å². The summed E-state index contributed by atoms with van der Waals surface area (Å²) < 4.78 is 16.4. The van der Waals surface area contributed by atoms with E-state index in [2.05, 4.69) is 11.4 Å². The van der Waals surface area contributed by atoms with Crippen molar-refractivity contribution in [2.24, 2.45) is 0 Å². The summed E-state index contributed by atoms with van der Waals surface area (Å²) in [4.78, 5) is 0. The Bertz CT molecular complexity index is 493. The maximum atomic E-state index is 9.38. The van der Waals surface area contributed by atoms with Crippen LogP contribution in [0, 0.1) is 11.3 Å². The van der Waals surface area contributed by atoms with Crippen molar-refractivity contribution in [3.05, 3.63) is 23.8 Å². The van der Waals surface area contributed by atoms with Gasteiger partial charge in [-0.3, -0.25) is 5.32 Å². The summed E-state index contributed by atoms with van der Waals surface area (Å²) in [6, 6.07) is 7.49.